The van der Waals surface area contributed by atoms with Gasteiger partial charge in [0.05, 0.1) is 37.8 Å². The number of rotatable bonds is 8. The third-order valence-electron chi connectivity index (χ3n) is 5.50. The molecule has 0 aromatic heterocycles. The van der Waals surface area contributed by atoms with Gasteiger partial charge in [-0.3, -0.25) is 9.59 Å². The minimum absolute atomic E-state index is 0.177. The highest BCUT2D eigenvalue weighted by Gasteiger charge is 2.40. The van der Waals surface area contributed by atoms with Gasteiger partial charge in [0.2, 0.25) is 0 Å². The van der Waals surface area contributed by atoms with Gasteiger partial charge in [-0.05, 0) is 43.7 Å². The number of carbonyl (C=O) groups is 2. The van der Waals surface area contributed by atoms with Crippen molar-refractivity contribution in [2.24, 2.45) is 0 Å². The van der Waals surface area contributed by atoms with Crippen LogP contribution in [0.5, 0.6) is 17.2 Å². The molecule has 174 valence electrons. The molecule has 7 nitrogen and oxygen atoms in total. The fourth-order valence-corrected chi connectivity index (χ4v) is 3.82. The van der Waals surface area contributed by atoms with Crippen LogP contribution >= 0.6 is 0 Å². The van der Waals surface area contributed by atoms with Crippen molar-refractivity contribution in [3.8, 4) is 17.2 Å². The number of imide groups is 1. The quantitative estimate of drug-likeness (QED) is 0.489. The second kappa shape index (κ2) is 9.70. The first kappa shape index (κ1) is 22.9. The summed E-state index contributed by atoms with van der Waals surface area (Å²) in [5, 5.41) is 3.18. The molecule has 1 N–H and O–H groups in total. The molecule has 0 aliphatic carbocycles. The maximum absolute atomic E-state index is 13.7. The molecule has 0 atom stereocenters. The second-order valence-electron chi connectivity index (χ2n) is 7.66. The lowest BCUT2D eigenvalue weighted by Crippen LogP contribution is -2.32. The lowest BCUT2D eigenvalue weighted by atomic mass is 10.0. The zero-order valence-corrected chi connectivity index (χ0v) is 19.5. The smallest absolute Gasteiger partial charge is 0.282 e. The lowest BCUT2D eigenvalue weighted by Gasteiger charge is -2.18. The molecule has 3 aromatic carbocycles. The van der Waals surface area contributed by atoms with E-state index in [-0.39, 0.29) is 11.3 Å². The Morgan fingerprint density at radius 3 is 2.21 bits per heavy atom. The molecule has 0 fully saturated rings. The Balaban J connectivity index is 1.82. The predicted octanol–water partition coefficient (Wildman–Crippen LogP) is 4.81. The van der Waals surface area contributed by atoms with Crippen LogP contribution in [0.1, 0.15) is 18.1 Å². The number of hydrogen-bond acceptors (Lipinski definition) is 6. The van der Waals surface area contributed by atoms with Crippen LogP contribution in [0.25, 0.3) is 5.57 Å². The van der Waals surface area contributed by atoms with E-state index >= 15 is 0 Å². The van der Waals surface area contributed by atoms with Crippen molar-refractivity contribution < 1.29 is 23.8 Å². The third-order valence-corrected chi connectivity index (χ3v) is 5.50. The fraction of sp³-hybridized carbons (Fsp3) is 0.185. The van der Waals surface area contributed by atoms with Crippen LogP contribution in [0.15, 0.2) is 72.4 Å². The molecule has 0 spiro atoms. The number of nitrogens with zero attached hydrogens (tertiary/aromatic N) is 1. The van der Waals surface area contributed by atoms with E-state index in [0.29, 0.717) is 40.8 Å². The van der Waals surface area contributed by atoms with Gasteiger partial charge in [-0.2, -0.15) is 0 Å². The Hall–Kier alpha value is -4.26. The van der Waals surface area contributed by atoms with Crippen molar-refractivity contribution in [2.45, 2.75) is 13.8 Å². The molecule has 0 saturated heterocycles. The van der Waals surface area contributed by atoms with Crippen LogP contribution in [-0.4, -0.2) is 32.6 Å². The van der Waals surface area contributed by atoms with Gasteiger partial charge in [0, 0.05) is 6.07 Å². The molecule has 7 heteroatoms. The zero-order valence-electron chi connectivity index (χ0n) is 19.5. The van der Waals surface area contributed by atoms with E-state index < -0.39 is 11.8 Å². The summed E-state index contributed by atoms with van der Waals surface area (Å²) in [7, 11) is 3.03. The molecule has 0 radical (unpaired) electrons. The molecule has 0 bridgehead atoms. The summed E-state index contributed by atoms with van der Waals surface area (Å²) in [5.41, 5.74) is 3.13. The van der Waals surface area contributed by atoms with Crippen LogP contribution < -0.4 is 24.4 Å². The Bertz CT molecular complexity index is 1260. The minimum atomic E-state index is -0.473. The van der Waals surface area contributed by atoms with Crippen LogP contribution in [0.4, 0.5) is 11.4 Å². The van der Waals surface area contributed by atoms with E-state index in [0.717, 1.165) is 10.5 Å². The van der Waals surface area contributed by atoms with Gasteiger partial charge in [-0.15, -0.1) is 0 Å². The molecule has 1 aliphatic heterocycles. The average Bonchev–Trinajstić information content (AvgIpc) is 3.09. The van der Waals surface area contributed by atoms with Crippen molar-refractivity contribution >= 4 is 28.8 Å². The normalized spacial score (nSPS) is 13.4. The fourth-order valence-electron chi connectivity index (χ4n) is 3.82. The zero-order chi connectivity index (χ0) is 24.2. The maximum Gasteiger partial charge on any atom is 0.282 e. The van der Waals surface area contributed by atoms with Gasteiger partial charge in [0.15, 0.2) is 11.5 Å². The molecule has 3 aromatic rings. The monoisotopic (exact) mass is 458 g/mol. The van der Waals surface area contributed by atoms with E-state index in [1.165, 1.54) is 14.2 Å². The first-order valence-corrected chi connectivity index (χ1v) is 10.9. The standard InChI is InChI=1S/C27H26N2O5/c1-5-34-21-9-7-6-8-20(21)28-25-24(18-12-10-17(2)11-13-18)26(30)29(27(25)31)19-14-15-22(32-3)23(16-19)33-4/h6-16,28H,5H2,1-4H3. The van der Waals surface area contributed by atoms with E-state index in [1.54, 1.807) is 18.2 Å². The summed E-state index contributed by atoms with van der Waals surface area (Å²) >= 11 is 0. The number of carbonyl (C=O) groups excluding carboxylic acids is 2. The summed E-state index contributed by atoms with van der Waals surface area (Å²) in [6.07, 6.45) is 0. The number of amides is 2. The van der Waals surface area contributed by atoms with Crippen molar-refractivity contribution in [2.75, 3.05) is 31.0 Å². The highest BCUT2D eigenvalue weighted by molar-refractivity contribution is 6.46. The van der Waals surface area contributed by atoms with Gasteiger partial charge in [0.25, 0.3) is 11.8 Å². The summed E-state index contributed by atoms with van der Waals surface area (Å²) < 4.78 is 16.4. The highest BCUT2D eigenvalue weighted by Crippen LogP contribution is 2.38. The Labute approximate surface area is 198 Å². The van der Waals surface area contributed by atoms with E-state index in [9.17, 15) is 9.59 Å². The number of benzene rings is 3. The van der Waals surface area contributed by atoms with Crippen molar-refractivity contribution in [1.82, 2.24) is 0 Å². The Kier molecular flexibility index (Phi) is 6.54. The van der Waals surface area contributed by atoms with Crippen molar-refractivity contribution in [1.29, 1.82) is 0 Å². The van der Waals surface area contributed by atoms with Gasteiger partial charge < -0.3 is 19.5 Å². The van der Waals surface area contributed by atoms with E-state index in [1.807, 2.05) is 62.4 Å². The largest absolute Gasteiger partial charge is 0.493 e. The molecule has 4 rings (SSSR count). The summed E-state index contributed by atoms with van der Waals surface area (Å²) in [4.78, 5) is 28.5. The molecule has 2 amide bonds. The predicted molar refractivity (Wildman–Crippen MR) is 131 cm³/mol. The van der Waals surface area contributed by atoms with Crippen molar-refractivity contribution in [3.05, 3.63) is 83.6 Å². The van der Waals surface area contributed by atoms with Gasteiger partial charge in [-0.25, -0.2) is 4.90 Å². The van der Waals surface area contributed by atoms with Crippen LogP contribution in [0.2, 0.25) is 0 Å². The molecular formula is C27H26N2O5. The van der Waals surface area contributed by atoms with Gasteiger partial charge in [-0.1, -0.05) is 42.0 Å². The molecular weight excluding hydrogens is 432 g/mol. The number of aryl methyl sites for hydroxylation is 1. The SMILES string of the molecule is CCOc1ccccc1NC1=C(c2ccc(C)cc2)C(=O)N(c2ccc(OC)c(OC)c2)C1=O. The van der Waals surface area contributed by atoms with Crippen molar-refractivity contribution in [3.63, 3.8) is 0 Å². The number of anilines is 2. The first-order chi connectivity index (χ1) is 16.5. The third kappa shape index (κ3) is 4.20. The molecule has 0 saturated carbocycles. The van der Waals surface area contributed by atoms with Gasteiger partial charge >= 0.3 is 0 Å². The van der Waals surface area contributed by atoms with E-state index in [4.69, 9.17) is 14.2 Å². The van der Waals surface area contributed by atoms with Crippen LogP contribution in [0, 0.1) is 6.92 Å². The molecule has 34 heavy (non-hydrogen) atoms. The summed E-state index contributed by atoms with van der Waals surface area (Å²) in [5.74, 6) is 0.601. The Morgan fingerprint density at radius 2 is 1.53 bits per heavy atom. The lowest BCUT2D eigenvalue weighted by molar-refractivity contribution is -0.120. The first-order valence-electron chi connectivity index (χ1n) is 10.9. The second-order valence-corrected chi connectivity index (χ2v) is 7.66. The highest BCUT2D eigenvalue weighted by atomic mass is 16.5. The van der Waals surface area contributed by atoms with Crippen LogP contribution in [0.3, 0.4) is 0 Å². The minimum Gasteiger partial charge on any atom is -0.493 e. The van der Waals surface area contributed by atoms with E-state index in [2.05, 4.69) is 5.32 Å². The number of para-hydroxylation sites is 2. The number of ether oxygens (including phenoxy) is 3. The molecule has 1 heterocycles. The van der Waals surface area contributed by atoms with Gasteiger partial charge in [0.1, 0.15) is 11.4 Å². The maximum atomic E-state index is 13.7. The summed E-state index contributed by atoms with van der Waals surface area (Å²) in [6, 6.07) is 19.7. The topological polar surface area (TPSA) is 77.1 Å². The number of nitrogens with one attached hydrogen (secondary N) is 1. The Morgan fingerprint density at radius 1 is 0.824 bits per heavy atom. The average molecular weight is 459 g/mol. The number of hydrogen-bond donors (Lipinski definition) is 1. The molecule has 1 aliphatic rings. The number of methoxy groups -OCH3 is 2. The summed E-state index contributed by atoms with van der Waals surface area (Å²) in [6.45, 7) is 4.32. The molecule has 0 unspecified atom stereocenters. The van der Waals surface area contributed by atoms with Crippen LogP contribution in [-0.2, 0) is 9.59 Å².